The molecule has 0 saturated carbocycles. The van der Waals surface area contributed by atoms with Crippen LogP contribution in [-0.2, 0) is 11.3 Å². The number of hydrogen-bond acceptors (Lipinski definition) is 9. The lowest BCUT2D eigenvalue weighted by Gasteiger charge is -2.38. The maximum Gasteiger partial charge on any atom is 0.410 e. The van der Waals surface area contributed by atoms with E-state index in [4.69, 9.17) is 21.1 Å². The zero-order valence-electron chi connectivity index (χ0n) is 25.5. The monoisotopic (exact) mass is 613 g/mol. The highest BCUT2D eigenvalue weighted by molar-refractivity contribution is 6.28. The summed E-state index contributed by atoms with van der Waals surface area (Å²) in [6.07, 6.45) is 9.19. The summed E-state index contributed by atoms with van der Waals surface area (Å²) in [5, 5.41) is 16.1. The Morgan fingerprint density at radius 3 is 2.63 bits per heavy atom. The predicted octanol–water partition coefficient (Wildman–Crippen LogP) is 6.30. The third-order valence-corrected chi connectivity index (χ3v) is 7.51. The number of benzene rings is 1. The zero-order valence-corrected chi connectivity index (χ0v) is 26.2. The largest absolute Gasteiger partial charge is 0.491 e. The molecule has 0 unspecified atom stereocenters. The zero-order chi connectivity index (χ0) is 31.1. The maximum absolute atomic E-state index is 12.5. The average Bonchev–Trinajstić information content (AvgIpc) is 3.43. The second-order valence-corrected chi connectivity index (χ2v) is 12.1. The Labute approximate surface area is 257 Å². The van der Waals surface area contributed by atoms with E-state index in [0.717, 1.165) is 61.2 Å². The molecule has 1 fully saturated rings. The van der Waals surface area contributed by atoms with Crippen LogP contribution in [0, 0.1) is 17.0 Å². The second kappa shape index (κ2) is 14.0. The van der Waals surface area contributed by atoms with E-state index in [2.05, 4.69) is 20.0 Å². The molecular weight excluding hydrogens is 574 g/mol. The number of piperidine rings is 1. The number of ether oxygens (including phenoxy) is 2. The van der Waals surface area contributed by atoms with Gasteiger partial charge in [-0.2, -0.15) is 5.10 Å². The highest BCUT2D eigenvalue weighted by Gasteiger charge is 2.30. The number of unbranched alkanes of at least 4 members (excludes halogenated alkanes) is 2. The Kier molecular flexibility index (Phi) is 10.4. The van der Waals surface area contributed by atoms with Crippen LogP contribution in [0.2, 0.25) is 5.28 Å². The van der Waals surface area contributed by atoms with Gasteiger partial charge in [-0.05, 0) is 83.0 Å². The van der Waals surface area contributed by atoms with Crippen molar-refractivity contribution in [1.82, 2.24) is 24.6 Å². The molecule has 3 heterocycles. The van der Waals surface area contributed by atoms with Crippen LogP contribution < -0.4 is 9.64 Å². The molecule has 12 nitrogen and oxygen atoms in total. The van der Waals surface area contributed by atoms with Gasteiger partial charge in [-0.3, -0.25) is 14.8 Å². The number of hydrogen-bond donors (Lipinski definition) is 0. The summed E-state index contributed by atoms with van der Waals surface area (Å²) in [6, 6.07) is 4.83. The first-order valence-electron chi connectivity index (χ1n) is 14.6. The van der Waals surface area contributed by atoms with Gasteiger partial charge in [-0.1, -0.05) is 0 Å². The Morgan fingerprint density at radius 2 is 1.93 bits per heavy atom. The van der Waals surface area contributed by atoms with Gasteiger partial charge < -0.3 is 19.3 Å². The van der Waals surface area contributed by atoms with Crippen molar-refractivity contribution in [3.8, 4) is 17.0 Å². The Bertz CT molecular complexity index is 1420. The van der Waals surface area contributed by atoms with Crippen molar-refractivity contribution in [2.45, 2.75) is 78.0 Å². The van der Waals surface area contributed by atoms with Gasteiger partial charge in [0.2, 0.25) is 5.28 Å². The van der Waals surface area contributed by atoms with Gasteiger partial charge in [-0.15, -0.1) is 0 Å². The van der Waals surface area contributed by atoms with Crippen molar-refractivity contribution < 1.29 is 19.2 Å². The molecule has 1 aliphatic heterocycles. The number of non-ortho nitro benzene ring substituents is 1. The molecule has 1 aromatic carbocycles. The molecule has 13 heteroatoms. The number of carbonyl (C=O) groups is 1. The lowest BCUT2D eigenvalue weighted by atomic mass is 10.0. The topological polar surface area (TPSA) is 129 Å². The Balaban J connectivity index is 1.28. The van der Waals surface area contributed by atoms with Gasteiger partial charge >= 0.3 is 6.09 Å². The van der Waals surface area contributed by atoms with Gasteiger partial charge in [0, 0.05) is 56.7 Å². The third-order valence-electron chi connectivity index (χ3n) is 7.33. The molecule has 0 atom stereocenters. The average molecular weight is 614 g/mol. The third kappa shape index (κ3) is 8.79. The number of aromatic nitrogens is 4. The summed E-state index contributed by atoms with van der Waals surface area (Å²) < 4.78 is 13.5. The Morgan fingerprint density at radius 1 is 1.19 bits per heavy atom. The Hall–Kier alpha value is -3.93. The van der Waals surface area contributed by atoms with Crippen molar-refractivity contribution in [1.29, 1.82) is 0 Å². The normalized spacial score (nSPS) is 14.0. The molecule has 0 aliphatic carbocycles. The quantitative estimate of drug-likeness (QED) is 0.106. The van der Waals surface area contributed by atoms with Gasteiger partial charge in [0.05, 0.1) is 35.2 Å². The number of nitro benzene ring substituents is 1. The van der Waals surface area contributed by atoms with Gasteiger partial charge in [0.15, 0.2) is 0 Å². The lowest BCUT2D eigenvalue weighted by molar-refractivity contribution is -0.384. The van der Waals surface area contributed by atoms with Crippen LogP contribution in [0.3, 0.4) is 0 Å². The lowest BCUT2D eigenvalue weighted by Crippen LogP contribution is -2.47. The number of rotatable bonds is 11. The minimum atomic E-state index is -0.549. The highest BCUT2D eigenvalue weighted by Crippen LogP contribution is 2.35. The number of nitrogens with zero attached hydrogens (tertiary/aromatic N) is 7. The van der Waals surface area contributed by atoms with E-state index in [1.165, 1.54) is 12.1 Å². The van der Waals surface area contributed by atoms with Crippen molar-refractivity contribution >= 4 is 29.1 Å². The van der Waals surface area contributed by atoms with E-state index >= 15 is 0 Å². The standard InChI is InChI=1S/C30H40ClN7O5/c1-21-18-32-28(31)34-27(21)22-19-33-37(20-22)13-7-6-8-16-42-26-17-24(38(40)41)9-10-25(26)36-14-11-23(12-15-36)35(5)29(39)43-30(2,3)4/h9-10,17-20,23H,6-8,11-16H2,1-5H3. The number of aryl methyl sites for hydroxylation is 2. The van der Waals surface area contributed by atoms with Crippen LogP contribution in [0.4, 0.5) is 16.2 Å². The highest BCUT2D eigenvalue weighted by atomic mass is 35.5. The molecule has 4 rings (SSSR count). The molecule has 0 N–H and O–H groups in total. The fourth-order valence-electron chi connectivity index (χ4n) is 5.03. The first kappa shape index (κ1) is 32.0. The van der Waals surface area contributed by atoms with E-state index in [1.807, 2.05) is 38.6 Å². The molecule has 0 bridgehead atoms. The molecule has 3 aromatic rings. The fourth-order valence-corrected chi connectivity index (χ4v) is 5.16. The SMILES string of the molecule is Cc1cnc(Cl)nc1-c1cnn(CCCCCOc2cc([N+](=O)[O-])ccc2N2CCC(N(C)C(=O)OC(C)(C)C)CC2)c1. The first-order chi connectivity index (χ1) is 20.4. The molecule has 232 valence electrons. The number of nitro groups is 1. The number of amides is 1. The summed E-state index contributed by atoms with van der Waals surface area (Å²) in [7, 11) is 1.77. The summed E-state index contributed by atoms with van der Waals surface area (Å²) in [4.78, 5) is 35.7. The second-order valence-electron chi connectivity index (χ2n) is 11.8. The van der Waals surface area contributed by atoms with Crippen molar-refractivity contribution in [2.24, 2.45) is 0 Å². The molecule has 1 amide bonds. The van der Waals surface area contributed by atoms with Gasteiger partial charge in [-0.25, -0.2) is 14.8 Å². The summed E-state index contributed by atoms with van der Waals surface area (Å²) in [6.45, 7) is 10.1. The predicted molar refractivity (Wildman–Crippen MR) is 165 cm³/mol. The fraction of sp³-hybridized carbons (Fsp3) is 0.533. The molecule has 1 saturated heterocycles. The van der Waals surface area contributed by atoms with E-state index < -0.39 is 10.5 Å². The minimum absolute atomic E-state index is 0.00649. The number of anilines is 1. The van der Waals surface area contributed by atoms with Crippen LogP contribution in [0.25, 0.3) is 11.3 Å². The van der Waals surface area contributed by atoms with E-state index in [-0.39, 0.29) is 23.1 Å². The smallest absolute Gasteiger partial charge is 0.410 e. The van der Waals surface area contributed by atoms with Crippen LogP contribution in [-0.4, -0.2) is 74.1 Å². The molecule has 43 heavy (non-hydrogen) atoms. The molecule has 0 spiro atoms. The number of halogens is 1. The van der Waals surface area contributed by atoms with E-state index in [1.54, 1.807) is 30.4 Å². The summed E-state index contributed by atoms with van der Waals surface area (Å²) in [5.41, 5.74) is 2.86. The molecule has 2 aromatic heterocycles. The summed E-state index contributed by atoms with van der Waals surface area (Å²) in [5.74, 6) is 0.503. The minimum Gasteiger partial charge on any atom is -0.491 e. The van der Waals surface area contributed by atoms with E-state index in [0.29, 0.717) is 25.4 Å². The van der Waals surface area contributed by atoms with Crippen LogP contribution >= 0.6 is 11.6 Å². The van der Waals surface area contributed by atoms with Crippen molar-refractivity contribution in [2.75, 3.05) is 31.6 Å². The van der Waals surface area contributed by atoms with Crippen LogP contribution in [0.1, 0.15) is 58.4 Å². The summed E-state index contributed by atoms with van der Waals surface area (Å²) >= 11 is 5.96. The van der Waals surface area contributed by atoms with Crippen molar-refractivity contribution in [3.63, 3.8) is 0 Å². The van der Waals surface area contributed by atoms with Crippen LogP contribution in [0.15, 0.2) is 36.8 Å². The van der Waals surface area contributed by atoms with Gasteiger partial charge in [0.25, 0.3) is 5.69 Å². The van der Waals surface area contributed by atoms with Gasteiger partial charge in [0.1, 0.15) is 11.4 Å². The van der Waals surface area contributed by atoms with Crippen LogP contribution in [0.5, 0.6) is 5.75 Å². The molecule has 0 radical (unpaired) electrons. The van der Waals surface area contributed by atoms with Crippen molar-refractivity contribution in [3.05, 3.63) is 57.8 Å². The molecular formula is C30H40ClN7O5. The number of carbonyl (C=O) groups excluding carboxylic acids is 1. The first-order valence-corrected chi connectivity index (χ1v) is 14.9. The maximum atomic E-state index is 12.5. The molecule has 1 aliphatic rings. The van der Waals surface area contributed by atoms with E-state index in [9.17, 15) is 14.9 Å².